The predicted molar refractivity (Wildman–Crippen MR) is 91.3 cm³/mol. The molecule has 0 aliphatic carbocycles. The molecule has 0 unspecified atom stereocenters. The van der Waals surface area contributed by atoms with Crippen molar-refractivity contribution in [2.45, 2.75) is 6.54 Å². The van der Waals surface area contributed by atoms with Crippen molar-refractivity contribution >= 4 is 21.7 Å². The van der Waals surface area contributed by atoms with Crippen molar-refractivity contribution in [1.82, 2.24) is 4.57 Å². The highest BCUT2D eigenvalue weighted by molar-refractivity contribution is 5.83. The van der Waals surface area contributed by atoms with Crippen LogP contribution in [-0.2, 0) is 6.54 Å². The second-order valence-electron chi connectivity index (χ2n) is 5.50. The van der Waals surface area contributed by atoms with Crippen LogP contribution in [0.25, 0.3) is 21.7 Å². The first-order valence-corrected chi connectivity index (χ1v) is 7.37. The minimum absolute atomic E-state index is 0.0341. The molecule has 0 N–H and O–H groups in total. The normalized spacial score (nSPS) is 11.1. The average Bonchev–Trinajstić information content (AvgIpc) is 2.57. The molecule has 4 rings (SSSR count). The fourth-order valence-corrected chi connectivity index (χ4v) is 2.93. The van der Waals surface area contributed by atoms with Crippen molar-refractivity contribution in [3.05, 3.63) is 94.8 Å². The lowest BCUT2D eigenvalue weighted by Crippen LogP contribution is -2.19. The van der Waals surface area contributed by atoms with E-state index in [2.05, 4.69) is 30.3 Å². The molecule has 1 aromatic heterocycles. The van der Waals surface area contributed by atoms with E-state index in [4.69, 9.17) is 0 Å². The van der Waals surface area contributed by atoms with Gasteiger partial charge in [-0.2, -0.15) is 0 Å². The van der Waals surface area contributed by atoms with Gasteiger partial charge < -0.3 is 4.57 Å². The number of benzene rings is 3. The van der Waals surface area contributed by atoms with Gasteiger partial charge in [-0.1, -0.05) is 54.6 Å². The van der Waals surface area contributed by atoms with Crippen LogP contribution in [0.2, 0.25) is 0 Å². The second-order valence-corrected chi connectivity index (χ2v) is 5.50. The maximum absolute atomic E-state index is 12.3. The highest BCUT2D eigenvalue weighted by Crippen LogP contribution is 2.18. The first-order valence-electron chi connectivity index (χ1n) is 7.37. The van der Waals surface area contributed by atoms with E-state index in [0.29, 0.717) is 6.54 Å². The van der Waals surface area contributed by atoms with Gasteiger partial charge in [0.15, 0.2) is 0 Å². The van der Waals surface area contributed by atoms with Gasteiger partial charge in [-0.05, 0) is 39.9 Å². The lowest BCUT2D eigenvalue weighted by atomic mass is 10.1. The first kappa shape index (κ1) is 12.8. The fraction of sp³-hybridized carbons (Fsp3) is 0.0500. The summed E-state index contributed by atoms with van der Waals surface area (Å²) in [5.74, 6) is 0. The third-order valence-corrected chi connectivity index (χ3v) is 4.05. The molecule has 22 heavy (non-hydrogen) atoms. The van der Waals surface area contributed by atoms with Gasteiger partial charge >= 0.3 is 0 Å². The second kappa shape index (κ2) is 5.15. The van der Waals surface area contributed by atoms with Crippen molar-refractivity contribution in [2.75, 3.05) is 0 Å². The predicted octanol–water partition coefficient (Wildman–Crippen LogP) is 4.20. The number of aromatic nitrogens is 1. The summed E-state index contributed by atoms with van der Waals surface area (Å²) < 4.78 is 1.83. The molecule has 0 fully saturated rings. The summed E-state index contributed by atoms with van der Waals surface area (Å²) in [5.41, 5.74) is 2.15. The zero-order valence-corrected chi connectivity index (χ0v) is 12.1. The Bertz CT molecular complexity index is 1030. The van der Waals surface area contributed by atoms with Crippen molar-refractivity contribution in [1.29, 1.82) is 0 Å². The number of fused-ring (bicyclic) bond motifs is 2. The van der Waals surface area contributed by atoms with Crippen LogP contribution >= 0.6 is 0 Å². The van der Waals surface area contributed by atoms with Crippen LogP contribution in [-0.4, -0.2) is 4.57 Å². The molecule has 2 nitrogen and oxygen atoms in total. The molecule has 0 amide bonds. The molecule has 2 heteroatoms. The molecule has 0 bridgehead atoms. The summed E-state index contributed by atoms with van der Waals surface area (Å²) >= 11 is 0. The van der Waals surface area contributed by atoms with Gasteiger partial charge in [0, 0.05) is 6.07 Å². The number of pyridine rings is 1. The Labute approximate surface area is 128 Å². The largest absolute Gasteiger partial charge is 0.304 e. The summed E-state index contributed by atoms with van der Waals surface area (Å²) in [6, 6.07) is 26.2. The summed E-state index contributed by atoms with van der Waals surface area (Å²) in [7, 11) is 0. The highest BCUT2D eigenvalue weighted by Gasteiger charge is 2.04. The third kappa shape index (κ3) is 2.19. The monoisotopic (exact) mass is 285 g/mol. The summed E-state index contributed by atoms with van der Waals surface area (Å²) in [6.45, 7) is 0.588. The van der Waals surface area contributed by atoms with Gasteiger partial charge in [-0.25, -0.2) is 0 Å². The number of rotatable bonds is 2. The fourth-order valence-electron chi connectivity index (χ4n) is 2.93. The van der Waals surface area contributed by atoms with E-state index in [0.717, 1.165) is 16.5 Å². The van der Waals surface area contributed by atoms with E-state index in [9.17, 15) is 4.79 Å². The molecule has 0 saturated carbocycles. The van der Waals surface area contributed by atoms with Crippen LogP contribution in [0.5, 0.6) is 0 Å². The zero-order valence-electron chi connectivity index (χ0n) is 12.1. The Kier molecular flexibility index (Phi) is 3.01. The van der Waals surface area contributed by atoms with Crippen molar-refractivity contribution in [2.24, 2.45) is 0 Å². The number of nitrogens with zero attached hydrogens (tertiary/aromatic N) is 1. The lowest BCUT2D eigenvalue weighted by molar-refractivity contribution is 0.796. The highest BCUT2D eigenvalue weighted by atomic mass is 16.1. The minimum atomic E-state index is 0.0341. The summed E-state index contributed by atoms with van der Waals surface area (Å²) in [5, 5.41) is 3.51. The van der Waals surface area contributed by atoms with Crippen molar-refractivity contribution < 1.29 is 0 Å². The smallest absolute Gasteiger partial charge is 0.251 e. The van der Waals surface area contributed by atoms with Crippen LogP contribution in [0.4, 0.5) is 0 Å². The molecule has 0 atom stereocenters. The lowest BCUT2D eigenvalue weighted by Gasteiger charge is -2.10. The SMILES string of the molecule is O=c1ccc2ccccc2n1Cc1ccc2ccccc2c1. The molecular weight excluding hydrogens is 270 g/mol. The Morgan fingerprint density at radius 3 is 2.23 bits per heavy atom. The molecule has 106 valence electrons. The Balaban J connectivity index is 1.85. The van der Waals surface area contributed by atoms with Crippen LogP contribution in [0.3, 0.4) is 0 Å². The Hall–Kier alpha value is -2.87. The van der Waals surface area contributed by atoms with Crippen molar-refractivity contribution in [3.8, 4) is 0 Å². The molecular formula is C20H15NO. The topological polar surface area (TPSA) is 22.0 Å². The van der Waals surface area contributed by atoms with Crippen LogP contribution in [0.1, 0.15) is 5.56 Å². The summed E-state index contributed by atoms with van der Waals surface area (Å²) in [6.07, 6.45) is 0. The minimum Gasteiger partial charge on any atom is -0.304 e. The van der Waals surface area contributed by atoms with E-state index < -0.39 is 0 Å². The molecule has 0 radical (unpaired) electrons. The van der Waals surface area contributed by atoms with Gasteiger partial charge in [0.2, 0.25) is 0 Å². The molecule has 0 aliphatic heterocycles. The molecule has 0 saturated heterocycles. The van der Waals surface area contributed by atoms with E-state index in [1.54, 1.807) is 6.07 Å². The molecule has 3 aromatic carbocycles. The molecule has 4 aromatic rings. The van der Waals surface area contributed by atoms with Gasteiger partial charge in [0.05, 0.1) is 12.1 Å². The van der Waals surface area contributed by atoms with E-state index >= 15 is 0 Å². The number of hydrogen-bond donors (Lipinski definition) is 0. The van der Waals surface area contributed by atoms with Crippen molar-refractivity contribution in [3.63, 3.8) is 0 Å². The number of para-hydroxylation sites is 1. The quantitative estimate of drug-likeness (QED) is 0.541. The molecule has 0 spiro atoms. The maximum atomic E-state index is 12.3. The molecule has 0 aliphatic rings. The van der Waals surface area contributed by atoms with E-state index in [1.165, 1.54) is 10.8 Å². The van der Waals surface area contributed by atoms with Gasteiger partial charge in [0.25, 0.3) is 5.56 Å². The van der Waals surface area contributed by atoms with E-state index in [-0.39, 0.29) is 5.56 Å². The Morgan fingerprint density at radius 2 is 1.36 bits per heavy atom. The Morgan fingerprint density at radius 1 is 0.682 bits per heavy atom. The van der Waals surface area contributed by atoms with E-state index in [1.807, 2.05) is 47.0 Å². The van der Waals surface area contributed by atoms with Crippen LogP contribution in [0, 0.1) is 0 Å². The maximum Gasteiger partial charge on any atom is 0.251 e. The van der Waals surface area contributed by atoms with Gasteiger partial charge in [0.1, 0.15) is 0 Å². The summed E-state index contributed by atoms with van der Waals surface area (Å²) in [4.78, 5) is 12.3. The third-order valence-electron chi connectivity index (χ3n) is 4.05. The zero-order chi connectivity index (χ0) is 14.9. The standard InChI is InChI=1S/C20H15NO/c22-20-12-11-17-6-3-4-8-19(17)21(20)14-15-9-10-16-5-1-2-7-18(16)13-15/h1-13H,14H2. The molecule has 1 heterocycles. The average molecular weight is 285 g/mol. The van der Waals surface area contributed by atoms with Gasteiger partial charge in [-0.15, -0.1) is 0 Å². The van der Waals surface area contributed by atoms with Crippen LogP contribution < -0.4 is 5.56 Å². The first-order chi connectivity index (χ1) is 10.8. The van der Waals surface area contributed by atoms with Crippen LogP contribution in [0.15, 0.2) is 83.7 Å². The van der Waals surface area contributed by atoms with Gasteiger partial charge in [-0.3, -0.25) is 4.79 Å². The number of hydrogen-bond acceptors (Lipinski definition) is 1.